The Bertz CT molecular complexity index is 708. The van der Waals surface area contributed by atoms with Crippen LogP contribution in [0.1, 0.15) is 16.7 Å². The van der Waals surface area contributed by atoms with Crippen molar-refractivity contribution in [2.45, 2.75) is 20.8 Å². The summed E-state index contributed by atoms with van der Waals surface area (Å²) in [5, 5.41) is 4.28. The highest BCUT2D eigenvalue weighted by Crippen LogP contribution is 2.31. The minimum absolute atomic E-state index is 0.868. The molecule has 0 saturated heterocycles. The van der Waals surface area contributed by atoms with Crippen LogP contribution in [0.3, 0.4) is 0 Å². The van der Waals surface area contributed by atoms with Crippen molar-refractivity contribution >= 4 is 33.0 Å². The summed E-state index contributed by atoms with van der Waals surface area (Å²) < 4.78 is 3.50. The van der Waals surface area contributed by atoms with Crippen LogP contribution in [-0.2, 0) is 0 Å². The fraction of sp³-hybridized carbons (Fsp3) is 0.200. The molecule has 0 fully saturated rings. The highest BCUT2D eigenvalue weighted by atomic mass is 35.5. The van der Waals surface area contributed by atoms with Gasteiger partial charge in [-0.2, -0.15) is 0 Å². The topological polar surface area (TPSA) is 4.93 Å². The molecule has 0 radical (unpaired) electrons. The summed E-state index contributed by atoms with van der Waals surface area (Å²) in [6.45, 7) is 6.28. The fourth-order valence-electron chi connectivity index (χ4n) is 2.53. The Kier molecular flexibility index (Phi) is 2.72. The number of nitrogens with zero attached hydrogens (tertiary/aromatic N) is 1. The first-order chi connectivity index (χ1) is 8.58. The molecule has 0 aliphatic heterocycles. The Morgan fingerprint density at radius 2 is 1.89 bits per heavy atom. The summed E-state index contributed by atoms with van der Waals surface area (Å²) in [7, 11) is 0. The van der Waals surface area contributed by atoms with Crippen LogP contribution in [0, 0.1) is 20.8 Å². The predicted molar refractivity (Wildman–Crippen MR) is 80.4 cm³/mol. The highest BCUT2D eigenvalue weighted by molar-refractivity contribution is 7.17. The number of halogens is 1. The van der Waals surface area contributed by atoms with Crippen molar-refractivity contribution in [2.24, 2.45) is 0 Å². The van der Waals surface area contributed by atoms with Gasteiger partial charge in [0.2, 0.25) is 0 Å². The van der Waals surface area contributed by atoms with Gasteiger partial charge in [0.25, 0.3) is 0 Å². The average molecular weight is 276 g/mol. The van der Waals surface area contributed by atoms with Gasteiger partial charge in [-0.25, -0.2) is 0 Å². The lowest BCUT2D eigenvalue weighted by Crippen LogP contribution is -1.99. The lowest BCUT2D eigenvalue weighted by atomic mass is 10.0. The maximum absolute atomic E-state index is 6.37. The highest BCUT2D eigenvalue weighted by Gasteiger charge is 2.12. The largest absolute Gasteiger partial charge is 0.321 e. The summed E-state index contributed by atoms with van der Waals surface area (Å²) in [5.41, 5.74) is 4.76. The zero-order valence-corrected chi connectivity index (χ0v) is 12.2. The zero-order valence-electron chi connectivity index (χ0n) is 10.6. The molecular formula is C15H14ClNS. The monoisotopic (exact) mass is 275 g/mol. The van der Waals surface area contributed by atoms with Gasteiger partial charge in [-0.1, -0.05) is 17.7 Å². The molecule has 0 saturated carbocycles. The Hall–Kier alpha value is -1.25. The summed E-state index contributed by atoms with van der Waals surface area (Å²) in [5.74, 6) is 0. The van der Waals surface area contributed by atoms with Crippen molar-refractivity contribution in [3.63, 3.8) is 0 Å². The molecule has 0 spiro atoms. The van der Waals surface area contributed by atoms with Gasteiger partial charge >= 0.3 is 0 Å². The van der Waals surface area contributed by atoms with E-state index in [0.717, 1.165) is 16.1 Å². The van der Waals surface area contributed by atoms with Crippen LogP contribution in [0.5, 0.6) is 0 Å². The molecule has 1 nitrogen and oxygen atoms in total. The quantitative estimate of drug-likeness (QED) is 0.570. The molecular weight excluding hydrogens is 262 g/mol. The van der Waals surface area contributed by atoms with E-state index in [1.165, 1.54) is 21.3 Å². The van der Waals surface area contributed by atoms with E-state index >= 15 is 0 Å². The number of hydrogen-bond donors (Lipinski definition) is 0. The third-order valence-electron chi connectivity index (χ3n) is 3.36. The second kappa shape index (κ2) is 4.15. The third kappa shape index (κ3) is 1.68. The fourth-order valence-corrected chi connectivity index (χ4v) is 3.47. The maximum Gasteiger partial charge on any atom is 0.0523 e. The number of fused-ring (bicyclic) bond motifs is 1. The maximum atomic E-state index is 6.37. The first-order valence-corrected chi connectivity index (χ1v) is 7.15. The molecule has 92 valence electrons. The van der Waals surface area contributed by atoms with E-state index in [9.17, 15) is 0 Å². The van der Waals surface area contributed by atoms with Gasteiger partial charge in [-0.15, -0.1) is 11.3 Å². The van der Waals surface area contributed by atoms with Crippen molar-refractivity contribution in [3.8, 4) is 5.69 Å². The molecule has 0 aliphatic rings. The van der Waals surface area contributed by atoms with E-state index in [1.54, 1.807) is 11.3 Å². The predicted octanol–water partition coefficient (Wildman–Crippen LogP) is 5.27. The molecule has 0 aliphatic carbocycles. The van der Waals surface area contributed by atoms with Crippen LogP contribution in [-0.4, -0.2) is 4.57 Å². The first kappa shape index (κ1) is 11.8. The number of thiophene rings is 1. The normalized spacial score (nSPS) is 11.3. The van der Waals surface area contributed by atoms with E-state index in [4.69, 9.17) is 11.6 Å². The minimum atomic E-state index is 0.868. The van der Waals surface area contributed by atoms with Crippen molar-refractivity contribution in [3.05, 3.63) is 51.6 Å². The molecule has 0 N–H and O–H groups in total. The van der Waals surface area contributed by atoms with Crippen molar-refractivity contribution < 1.29 is 0 Å². The number of rotatable bonds is 1. The van der Waals surface area contributed by atoms with Gasteiger partial charge in [-0.3, -0.25) is 0 Å². The van der Waals surface area contributed by atoms with Gasteiger partial charge < -0.3 is 4.57 Å². The van der Waals surface area contributed by atoms with Crippen LogP contribution in [0.25, 0.3) is 15.8 Å². The van der Waals surface area contributed by atoms with Crippen LogP contribution in [0.4, 0.5) is 0 Å². The summed E-state index contributed by atoms with van der Waals surface area (Å²) in [6.07, 6.45) is 4.35. The zero-order chi connectivity index (χ0) is 12.9. The average Bonchev–Trinajstić information content (AvgIpc) is 2.86. The number of benzene rings is 1. The lowest BCUT2D eigenvalue weighted by molar-refractivity contribution is 1.04. The standard InChI is InChI=1S/C15H14ClNS/c1-9-6-10(2)15(11(3)14(9)16)17-7-12-4-5-18-13(12)8-17/h4-8H,1-3H3. The summed E-state index contributed by atoms with van der Waals surface area (Å²) >= 11 is 8.13. The molecule has 0 atom stereocenters. The Morgan fingerprint density at radius 3 is 2.61 bits per heavy atom. The van der Waals surface area contributed by atoms with Gasteiger partial charge in [0.15, 0.2) is 0 Å². The molecule has 3 aromatic rings. The van der Waals surface area contributed by atoms with Gasteiger partial charge in [0.05, 0.1) is 10.4 Å². The second-order valence-electron chi connectivity index (χ2n) is 4.70. The summed E-state index contributed by atoms with van der Waals surface area (Å²) in [4.78, 5) is 0. The van der Waals surface area contributed by atoms with E-state index in [0.29, 0.717) is 0 Å². The summed E-state index contributed by atoms with van der Waals surface area (Å²) in [6, 6.07) is 4.30. The Morgan fingerprint density at radius 1 is 1.11 bits per heavy atom. The van der Waals surface area contributed by atoms with Crippen LogP contribution in [0.15, 0.2) is 29.9 Å². The minimum Gasteiger partial charge on any atom is -0.321 e. The molecule has 2 aromatic heterocycles. The molecule has 18 heavy (non-hydrogen) atoms. The lowest BCUT2D eigenvalue weighted by Gasteiger charge is -2.14. The van der Waals surface area contributed by atoms with E-state index in [1.807, 2.05) is 0 Å². The van der Waals surface area contributed by atoms with Crippen molar-refractivity contribution in [1.29, 1.82) is 0 Å². The van der Waals surface area contributed by atoms with Gasteiger partial charge in [-0.05, 0) is 48.9 Å². The Labute approximate surface area is 116 Å². The van der Waals surface area contributed by atoms with Gasteiger partial charge in [0, 0.05) is 22.8 Å². The third-order valence-corrected chi connectivity index (χ3v) is 4.81. The van der Waals surface area contributed by atoms with Crippen LogP contribution >= 0.6 is 22.9 Å². The number of hydrogen-bond acceptors (Lipinski definition) is 1. The first-order valence-electron chi connectivity index (χ1n) is 5.90. The Balaban J connectivity index is 2.29. The second-order valence-corrected chi connectivity index (χ2v) is 6.03. The number of aryl methyl sites for hydroxylation is 2. The molecule has 0 bridgehead atoms. The van der Waals surface area contributed by atoms with Crippen LogP contribution < -0.4 is 0 Å². The molecule has 0 amide bonds. The van der Waals surface area contributed by atoms with E-state index in [-0.39, 0.29) is 0 Å². The molecule has 2 heterocycles. The van der Waals surface area contributed by atoms with E-state index < -0.39 is 0 Å². The molecule has 3 heteroatoms. The molecule has 3 rings (SSSR count). The van der Waals surface area contributed by atoms with Crippen LogP contribution in [0.2, 0.25) is 5.02 Å². The van der Waals surface area contributed by atoms with E-state index in [2.05, 4.69) is 55.2 Å². The smallest absolute Gasteiger partial charge is 0.0523 e. The van der Waals surface area contributed by atoms with Gasteiger partial charge in [0.1, 0.15) is 0 Å². The molecule has 1 aromatic carbocycles. The SMILES string of the molecule is Cc1cc(C)c(-n2cc3ccsc3c2)c(C)c1Cl. The van der Waals surface area contributed by atoms with Crippen molar-refractivity contribution in [2.75, 3.05) is 0 Å². The molecule has 0 unspecified atom stereocenters. The van der Waals surface area contributed by atoms with Crippen molar-refractivity contribution in [1.82, 2.24) is 4.57 Å². The number of aromatic nitrogens is 1.